The molecule has 0 saturated heterocycles. The molecule has 0 aromatic carbocycles. The van der Waals surface area contributed by atoms with E-state index in [4.69, 9.17) is 4.74 Å². The number of nitrogens with one attached hydrogen (secondary N) is 2. The summed E-state index contributed by atoms with van der Waals surface area (Å²) in [7, 11) is 1.72. The minimum absolute atomic E-state index is 0.185. The maximum Gasteiger partial charge on any atom is 0.126 e. The van der Waals surface area contributed by atoms with E-state index in [2.05, 4.69) is 41.6 Å². The Balaban J connectivity index is 2.55. The number of hydrogen-bond donors (Lipinski definition) is 2. The van der Waals surface area contributed by atoms with Crippen molar-refractivity contribution in [3.05, 3.63) is 23.4 Å². The van der Waals surface area contributed by atoms with Crippen LogP contribution in [0, 0.1) is 12.8 Å². The van der Waals surface area contributed by atoms with Crippen molar-refractivity contribution < 1.29 is 4.74 Å². The first-order valence-corrected chi connectivity index (χ1v) is 6.96. The minimum Gasteiger partial charge on any atom is -0.380 e. The van der Waals surface area contributed by atoms with Crippen LogP contribution in [0.2, 0.25) is 0 Å². The summed E-state index contributed by atoms with van der Waals surface area (Å²) in [5.74, 6) is 1.59. The Labute approximate surface area is 117 Å². The normalized spacial score (nSPS) is 12.7. The Kier molecular flexibility index (Phi) is 6.81. The molecular formula is C15H27N3O. The second kappa shape index (κ2) is 8.12. The molecule has 0 aliphatic carbocycles. The third-order valence-corrected chi connectivity index (χ3v) is 2.87. The van der Waals surface area contributed by atoms with Crippen molar-refractivity contribution in [1.82, 2.24) is 10.3 Å². The average molecular weight is 265 g/mol. The van der Waals surface area contributed by atoms with Gasteiger partial charge in [0.1, 0.15) is 5.82 Å². The van der Waals surface area contributed by atoms with Gasteiger partial charge in [0.05, 0.1) is 6.10 Å². The first kappa shape index (κ1) is 15.9. The van der Waals surface area contributed by atoms with Crippen LogP contribution in [-0.2, 0) is 11.3 Å². The van der Waals surface area contributed by atoms with Gasteiger partial charge in [0.25, 0.3) is 0 Å². The van der Waals surface area contributed by atoms with E-state index in [-0.39, 0.29) is 6.10 Å². The Morgan fingerprint density at radius 1 is 1.21 bits per heavy atom. The molecule has 0 aliphatic heterocycles. The third-order valence-electron chi connectivity index (χ3n) is 2.87. The van der Waals surface area contributed by atoms with Crippen LogP contribution in [0.1, 0.15) is 32.0 Å². The van der Waals surface area contributed by atoms with Crippen LogP contribution < -0.4 is 10.6 Å². The zero-order chi connectivity index (χ0) is 14.3. The van der Waals surface area contributed by atoms with Crippen molar-refractivity contribution in [3.63, 3.8) is 0 Å². The summed E-state index contributed by atoms with van der Waals surface area (Å²) in [6.07, 6.45) is 0.185. The molecule has 19 heavy (non-hydrogen) atoms. The number of hydrogen-bond acceptors (Lipinski definition) is 4. The molecule has 1 aromatic heterocycles. The van der Waals surface area contributed by atoms with E-state index in [1.54, 1.807) is 7.11 Å². The molecule has 0 radical (unpaired) electrons. The van der Waals surface area contributed by atoms with Crippen LogP contribution in [-0.4, -0.2) is 31.3 Å². The third kappa shape index (κ3) is 6.55. The summed E-state index contributed by atoms with van der Waals surface area (Å²) in [4.78, 5) is 4.49. The Hall–Kier alpha value is -1.13. The fourth-order valence-electron chi connectivity index (χ4n) is 1.77. The maximum atomic E-state index is 5.22. The van der Waals surface area contributed by atoms with Crippen LogP contribution in [0.3, 0.4) is 0 Å². The molecule has 0 amide bonds. The van der Waals surface area contributed by atoms with E-state index in [1.807, 2.05) is 13.8 Å². The van der Waals surface area contributed by atoms with Crippen LogP contribution in [0.25, 0.3) is 0 Å². The zero-order valence-corrected chi connectivity index (χ0v) is 12.8. The fourth-order valence-corrected chi connectivity index (χ4v) is 1.77. The first-order chi connectivity index (χ1) is 9.01. The van der Waals surface area contributed by atoms with Gasteiger partial charge in [0, 0.05) is 25.9 Å². The Morgan fingerprint density at radius 2 is 1.95 bits per heavy atom. The molecule has 0 spiro atoms. The van der Waals surface area contributed by atoms with Crippen molar-refractivity contribution in [3.8, 4) is 0 Å². The standard InChI is InChI=1S/C15H27N3O/c1-11(2)8-16-10-14-6-12(3)18-15(7-14)17-9-13(4)19-5/h6-7,11,13,16H,8-10H2,1-5H3,(H,17,18). The minimum atomic E-state index is 0.185. The van der Waals surface area contributed by atoms with Gasteiger partial charge in [0.15, 0.2) is 0 Å². The SMILES string of the molecule is COC(C)CNc1cc(CNCC(C)C)cc(C)n1. The Bertz CT molecular complexity index is 380. The van der Waals surface area contributed by atoms with Crippen LogP contribution >= 0.6 is 0 Å². The summed E-state index contributed by atoms with van der Waals surface area (Å²) in [5.41, 5.74) is 2.30. The van der Waals surface area contributed by atoms with Crippen LogP contribution in [0.5, 0.6) is 0 Å². The van der Waals surface area contributed by atoms with Gasteiger partial charge < -0.3 is 15.4 Å². The van der Waals surface area contributed by atoms with E-state index in [0.717, 1.165) is 31.1 Å². The molecule has 2 N–H and O–H groups in total. The molecule has 1 unspecified atom stereocenters. The van der Waals surface area contributed by atoms with E-state index < -0.39 is 0 Å². The number of methoxy groups -OCH3 is 1. The van der Waals surface area contributed by atoms with Gasteiger partial charge in [-0.25, -0.2) is 4.98 Å². The Morgan fingerprint density at radius 3 is 2.58 bits per heavy atom. The van der Waals surface area contributed by atoms with E-state index in [1.165, 1.54) is 5.56 Å². The first-order valence-electron chi connectivity index (χ1n) is 6.96. The molecule has 0 saturated carbocycles. The molecule has 4 nitrogen and oxygen atoms in total. The maximum absolute atomic E-state index is 5.22. The number of aryl methyl sites for hydroxylation is 1. The highest BCUT2D eigenvalue weighted by Gasteiger charge is 2.03. The van der Waals surface area contributed by atoms with E-state index >= 15 is 0 Å². The second-order valence-corrected chi connectivity index (χ2v) is 5.45. The number of nitrogens with zero attached hydrogens (tertiary/aromatic N) is 1. The molecule has 1 atom stereocenters. The van der Waals surface area contributed by atoms with Crippen molar-refractivity contribution in [2.24, 2.45) is 5.92 Å². The average Bonchev–Trinajstić information content (AvgIpc) is 2.35. The summed E-state index contributed by atoms with van der Waals surface area (Å²) >= 11 is 0. The lowest BCUT2D eigenvalue weighted by Crippen LogP contribution is -2.20. The van der Waals surface area contributed by atoms with Crippen molar-refractivity contribution >= 4 is 5.82 Å². The number of aromatic nitrogens is 1. The number of anilines is 1. The molecule has 0 aliphatic rings. The fraction of sp³-hybridized carbons (Fsp3) is 0.667. The topological polar surface area (TPSA) is 46.2 Å². The van der Waals surface area contributed by atoms with Gasteiger partial charge in [-0.15, -0.1) is 0 Å². The number of pyridine rings is 1. The van der Waals surface area contributed by atoms with Gasteiger partial charge in [-0.1, -0.05) is 13.8 Å². The summed E-state index contributed by atoms with van der Waals surface area (Å²) < 4.78 is 5.22. The molecule has 0 bridgehead atoms. The zero-order valence-electron chi connectivity index (χ0n) is 12.8. The summed E-state index contributed by atoms with van der Waals surface area (Å²) in [5, 5.41) is 6.76. The van der Waals surface area contributed by atoms with Gasteiger partial charge in [-0.05, 0) is 44.0 Å². The predicted octanol–water partition coefficient (Wildman–Crippen LogP) is 2.58. The number of rotatable bonds is 8. The molecule has 4 heteroatoms. The van der Waals surface area contributed by atoms with Crippen molar-refractivity contribution in [1.29, 1.82) is 0 Å². The van der Waals surface area contributed by atoms with Crippen molar-refractivity contribution in [2.75, 3.05) is 25.5 Å². The molecule has 108 valence electrons. The molecular weight excluding hydrogens is 238 g/mol. The van der Waals surface area contributed by atoms with Crippen LogP contribution in [0.15, 0.2) is 12.1 Å². The van der Waals surface area contributed by atoms with Crippen molar-refractivity contribution in [2.45, 2.75) is 40.3 Å². The van der Waals surface area contributed by atoms with E-state index in [9.17, 15) is 0 Å². The van der Waals surface area contributed by atoms with Gasteiger partial charge in [0.2, 0.25) is 0 Å². The lowest BCUT2D eigenvalue weighted by molar-refractivity contribution is 0.128. The predicted molar refractivity (Wildman–Crippen MR) is 80.5 cm³/mol. The van der Waals surface area contributed by atoms with E-state index in [0.29, 0.717) is 5.92 Å². The quantitative estimate of drug-likeness (QED) is 0.758. The largest absolute Gasteiger partial charge is 0.380 e. The highest BCUT2D eigenvalue weighted by molar-refractivity contribution is 5.39. The molecule has 1 heterocycles. The monoisotopic (exact) mass is 265 g/mol. The molecule has 0 fully saturated rings. The molecule has 1 rings (SSSR count). The van der Waals surface area contributed by atoms with Crippen LogP contribution in [0.4, 0.5) is 5.82 Å². The summed E-state index contributed by atoms with van der Waals surface area (Å²) in [6.45, 7) is 11.2. The lowest BCUT2D eigenvalue weighted by Gasteiger charge is -2.13. The highest BCUT2D eigenvalue weighted by Crippen LogP contribution is 2.10. The second-order valence-electron chi connectivity index (χ2n) is 5.45. The van der Waals surface area contributed by atoms with Gasteiger partial charge >= 0.3 is 0 Å². The summed E-state index contributed by atoms with van der Waals surface area (Å²) in [6, 6.07) is 4.22. The number of ether oxygens (including phenoxy) is 1. The highest BCUT2D eigenvalue weighted by atomic mass is 16.5. The lowest BCUT2D eigenvalue weighted by atomic mass is 10.2. The molecule has 1 aromatic rings. The van der Waals surface area contributed by atoms with Gasteiger partial charge in [-0.2, -0.15) is 0 Å². The van der Waals surface area contributed by atoms with Gasteiger partial charge in [-0.3, -0.25) is 0 Å². The smallest absolute Gasteiger partial charge is 0.126 e.